The van der Waals surface area contributed by atoms with Crippen LogP contribution in [0.4, 0.5) is 0 Å². The van der Waals surface area contributed by atoms with Gasteiger partial charge in [-0.3, -0.25) is 0 Å². The Morgan fingerprint density at radius 1 is 0.793 bits per heavy atom. The molecule has 0 saturated heterocycles. The van der Waals surface area contributed by atoms with E-state index in [0.29, 0.717) is 20.1 Å². The molecule has 0 aliphatic rings. The van der Waals surface area contributed by atoms with Gasteiger partial charge < -0.3 is 24.7 Å². The number of phenolic OH excluding ortho intramolecular Hbond substituents is 2. The second kappa shape index (κ2) is 13.8. The molecule has 2 N–H and O–H groups in total. The first-order valence-corrected chi connectivity index (χ1v) is 10.5. The summed E-state index contributed by atoms with van der Waals surface area (Å²) in [6, 6.07) is 6.64. The Balaban J connectivity index is 0.00000420. The summed E-state index contributed by atoms with van der Waals surface area (Å²) in [4.78, 5) is 0. The van der Waals surface area contributed by atoms with E-state index >= 15 is 0 Å². The number of hydrogen-bond donors (Lipinski definition) is 2. The third-order valence-electron chi connectivity index (χ3n) is 3.08. The predicted molar refractivity (Wildman–Crippen MR) is 112 cm³/mol. The Morgan fingerprint density at radius 2 is 1.17 bits per heavy atom. The van der Waals surface area contributed by atoms with Crippen LogP contribution in [0, 0.1) is 0 Å². The molecular weight excluding hydrogens is 674 g/mol. The first-order chi connectivity index (χ1) is 13.3. The van der Waals surface area contributed by atoms with Crippen molar-refractivity contribution in [2.75, 3.05) is 0 Å². The second-order valence-corrected chi connectivity index (χ2v) is 8.59. The van der Waals surface area contributed by atoms with Gasteiger partial charge in [0.25, 0.3) is 0 Å². The Hall–Kier alpha value is 0.421. The molecule has 0 fully saturated rings. The molecule has 0 unspecified atom stereocenters. The number of nitrogens with zero attached hydrogens (tertiary/aromatic N) is 4. The molecule has 0 amide bonds. The molecule has 0 aliphatic carbocycles. The van der Waals surface area contributed by atoms with Gasteiger partial charge >= 0.3 is 58.7 Å². The van der Waals surface area contributed by atoms with Crippen LogP contribution in [0.5, 0.6) is 11.5 Å². The van der Waals surface area contributed by atoms with Gasteiger partial charge in [0.15, 0.2) is 0 Å². The van der Waals surface area contributed by atoms with Gasteiger partial charge in [-0.15, -0.1) is 0 Å². The molecule has 9 nitrogen and oxygen atoms in total. The fraction of sp³-hybridized carbons (Fsp3) is 0.143. The number of phenols is 2. The summed E-state index contributed by atoms with van der Waals surface area (Å²) in [7, 11) is -2.07. The molecule has 0 aromatic heterocycles. The molecule has 0 bridgehead atoms. The minimum atomic E-state index is -2.07. The Bertz CT molecular complexity index is 837. The molecule has 2 rings (SSSR count). The van der Waals surface area contributed by atoms with Crippen molar-refractivity contribution < 1.29 is 76.1 Å². The normalized spacial score (nSPS) is 10.9. The van der Waals surface area contributed by atoms with E-state index in [-0.39, 0.29) is 76.0 Å². The zero-order valence-electron chi connectivity index (χ0n) is 14.7. The monoisotopic (exact) mass is 680 g/mol. The Labute approximate surface area is 242 Å². The van der Waals surface area contributed by atoms with Crippen LogP contribution in [-0.4, -0.2) is 17.5 Å². The fourth-order valence-electron chi connectivity index (χ4n) is 1.85. The number of aromatic hydroxyl groups is 2. The second-order valence-electron chi connectivity index (χ2n) is 5.05. The van der Waals surface area contributed by atoms with Gasteiger partial charge in [0, 0.05) is 30.6 Å². The quantitative estimate of drug-likeness (QED) is 0.250. The van der Waals surface area contributed by atoms with Crippen molar-refractivity contribution in [1.82, 2.24) is 0 Å². The van der Waals surface area contributed by atoms with E-state index in [2.05, 4.69) is 94.0 Å². The molecule has 29 heavy (non-hydrogen) atoms. The van der Waals surface area contributed by atoms with Crippen LogP contribution in [0.2, 0.25) is 0 Å². The van der Waals surface area contributed by atoms with Crippen LogP contribution in [-0.2, 0) is 22.6 Å². The van der Waals surface area contributed by atoms with Gasteiger partial charge in [0.05, 0.1) is 22.0 Å². The number of benzene rings is 2. The maximum absolute atomic E-state index is 11.4. The van der Waals surface area contributed by atoms with E-state index in [1.807, 2.05) is 0 Å². The smallest absolute Gasteiger partial charge is 0.805 e. The van der Waals surface area contributed by atoms with Crippen molar-refractivity contribution in [3.8, 4) is 11.5 Å². The van der Waals surface area contributed by atoms with E-state index in [0.717, 1.165) is 8.95 Å². The average molecular weight is 684 g/mol. The van der Waals surface area contributed by atoms with Crippen LogP contribution in [0.25, 0.3) is 0 Å². The number of hydrogen-bond acceptors (Lipinski definition) is 9. The SMILES string of the molecule is [K+].[O-]B(O/N=N/Cc1cc(Br)cc(Br)c1O)O/N=N/Cc1cc(Br)cc(Br)c1O. The third kappa shape index (κ3) is 9.21. The first-order valence-electron chi connectivity index (χ1n) is 7.32. The number of rotatable bonds is 8. The molecule has 0 heterocycles. The molecule has 0 saturated carbocycles. The standard InChI is InChI=1S/C14H10BBr4N4O5.K/c16-9-1-7(13(24)11(18)3-9)5-20-22-27-15(26)28-23-21-6-8-2-10(17)4-12(19)14(8)25;/h1-4,24-25H,5-6H2;/q-1;+1/b22-20+,23-21+;. The van der Waals surface area contributed by atoms with Gasteiger partial charge in [-0.1, -0.05) is 31.9 Å². The van der Waals surface area contributed by atoms with E-state index in [1.165, 1.54) is 0 Å². The van der Waals surface area contributed by atoms with Crippen LogP contribution >= 0.6 is 63.7 Å². The van der Waals surface area contributed by atoms with Gasteiger partial charge in [-0.25, -0.2) is 0 Å². The minimum absolute atomic E-state index is 0. The van der Waals surface area contributed by atoms with Gasteiger partial charge in [0.2, 0.25) is 0 Å². The summed E-state index contributed by atoms with van der Waals surface area (Å²) in [5, 5.41) is 44.9. The molecule has 15 heteroatoms. The molecule has 0 atom stereocenters. The van der Waals surface area contributed by atoms with Crippen molar-refractivity contribution in [2.24, 2.45) is 20.8 Å². The van der Waals surface area contributed by atoms with Crippen LogP contribution in [0.3, 0.4) is 0 Å². The maximum atomic E-state index is 11.4. The minimum Gasteiger partial charge on any atom is -0.805 e. The zero-order valence-corrected chi connectivity index (χ0v) is 24.2. The van der Waals surface area contributed by atoms with Crippen LogP contribution in [0.15, 0.2) is 62.9 Å². The largest absolute Gasteiger partial charge is 1.00 e. The predicted octanol–water partition coefficient (Wildman–Crippen LogP) is 1.96. The van der Waals surface area contributed by atoms with Crippen molar-refractivity contribution in [2.45, 2.75) is 13.1 Å². The van der Waals surface area contributed by atoms with Crippen LogP contribution < -0.4 is 56.4 Å². The maximum Gasteiger partial charge on any atom is 1.00 e. The molecule has 0 radical (unpaired) electrons. The molecule has 2 aromatic rings. The van der Waals surface area contributed by atoms with E-state index in [4.69, 9.17) is 0 Å². The van der Waals surface area contributed by atoms with Gasteiger partial charge in [-0.2, -0.15) is 10.2 Å². The molecule has 148 valence electrons. The summed E-state index contributed by atoms with van der Waals surface area (Å²) < 4.78 is 11.3. The summed E-state index contributed by atoms with van der Waals surface area (Å²) in [5.41, 5.74) is 0.938. The van der Waals surface area contributed by atoms with E-state index < -0.39 is 7.32 Å². The fourth-order valence-corrected chi connectivity index (χ4v) is 4.48. The van der Waals surface area contributed by atoms with E-state index in [1.54, 1.807) is 24.3 Å². The molecular formula is C14H10BBr4KN4O5. The van der Waals surface area contributed by atoms with Crippen molar-refractivity contribution in [3.63, 3.8) is 0 Å². The molecule has 0 spiro atoms. The Kier molecular flexibility index (Phi) is 13.0. The summed E-state index contributed by atoms with van der Waals surface area (Å²) in [5.74, 6) is 0.0154. The topological polar surface area (TPSA) is 131 Å². The average Bonchev–Trinajstić information content (AvgIpc) is 2.63. The summed E-state index contributed by atoms with van der Waals surface area (Å²) in [6.07, 6.45) is 0. The molecule has 2 aromatic carbocycles. The summed E-state index contributed by atoms with van der Waals surface area (Å²) >= 11 is 13.0. The van der Waals surface area contributed by atoms with E-state index in [9.17, 15) is 15.2 Å². The van der Waals surface area contributed by atoms with Gasteiger partial charge in [0.1, 0.15) is 11.5 Å². The Morgan fingerprint density at radius 3 is 1.55 bits per heavy atom. The summed E-state index contributed by atoms with van der Waals surface area (Å²) in [6.45, 7) is -0.0374. The number of halogens is 4. The van der Waals surface area contributed by atoms with Crippen molar-refractivity contribution >= 4 is 71.0 Å². The first kappa shape index (κ1) is 27.5. The van der Waals surface area contributed by atoms with Crippen LogP contribution in [0.1, 0.15) is 11.1 Å². The zero-order chi connectivity index (χ0) is 20.7. The molecule has 0 aliphatic heterocycles. The van der Waals surface area contributed by atoms with Crippen molar-refractivity contribution in [1.29, 1.82) is 0 Å². The third-order valence-corrected chi connectivity index (χ3v) is 5.20. The van der Waals surface area contributed by atoms with Gasteiger partial charge in [-0.05, 0) is 56.1 Å². The van der Waals surface area contributed by atoms with Crippen molar-refractivity contribution in [3.05, 3.63) is 53.3 Å².